The Morgan fingerprint density at radius 2 is 2.04 bits per heavy atom. The van der Waals surface area contributed by atoms with Gasteiger partial charge in [-0.2, -0.15) is 0 Å². The second-order valence-electron chi connectivity index (χ2n) is 7.42. The lowest BCUT2D eigenvalue weighted by atomic mass is 9.98. The van der Waals surface area contributed by atoms with E-state index in [9.17, 15) is 9.59 Å². The highest BCUT2D eigenvalue weighted by Crippen LogP contribution is 2.29. The molecule has 2 aromatic rings. The fraction of sp³-hybridized carbons (Fsp3) is 0.526. The van der Waals surface area contributed by atoms with Crippen molar-refractivity contribution >= 4 is 16.8 Å². The molecule has 6 nitrogen and oxygen atoms in total. The maximum Gasteiger partial charge on any atom is 0.261 e. The lowest BCUT2D eigenvalue weighted by molar-refractivity contribution is -0.133. The number of amides is 1. The lowest BCUT2D eigenvalue weighted by Gasteiger charge is -2.35. The zero-order valence-electron chi connectivity index (χ0n) is 14.7. The van der Waals surface area contributed by atoms with Crippen LogP contribution in [0.5, 0.6) is 0 Å². The van der Waals surface area contributed by atoms with Gasteiger partial charge in [0.1, 0.15) is 6.54 Å². The number of aromatic nitrogens is 2. The van der Waals surface area contributed by atoms with Crippen LogP contribution in [0.4, 0.5) is 0 Å². The van der Waals surface area contributed by atoms with Gasteiger partial charge < -0.3 is 10.2 Å². The number of carbonyl (C=O) groups is 1. The molecule has 2 unspecified atom stereocenters. The van der Waals surface area contributed by atoms with E-state index in [1.165, 1.54) is 23.7 Å². The van der Waals surface area contributed by atoms with Crippen LogP contribution >= 0.6 is 0 Å². The zero-order valence-corrected chi connectivity index (χ0v) is 14.7. The minimum Gasteiger partial charge on any atom is -0.341 e. The van der Waals surface area contributed by atoms with E-state index in [1.807, 2.05) is 31.0 Å². The molecule has 0 spiro atoms. The molecule has 2 atom stereocenters. The van der Waals surface area contributed by atoms with Gasteiger partial charge in [-0.3, -0.25) is 14.2 Å². The SMILES string of the molecule is Cc1cccc2c(=O)n(CC(=O)N(C)C3CC4CCC(C3)N4)cnc12. The van der Waals surface area contributed by atoms with Crippen LogP contribution in [0.3, 0.4) is 0 Å². The Labute approximate surface area is 146 Å². The number of carbonyl (C=O) groups excluding carboxylic acids is 1. The van der Waals surface area contributed by atoms with Gasteiger partial charge in [-0.1, -0.05) is 12.1 Å². The molecule has 6 heteroatoms. The molecule has 2 aliphatic heterocycles. The Morgan fingerprint density at radius 3 is 2.76 bits per heavy atom. The number of benzene rings is 1. The van der Waals surface area contributed by atoms with Crippen LogP contribution in [0.2, 0.25) is 0 Å². The summed E-state index contributed by atoms with van der Waals surface area (Å²) in [5.41, 5.74) is 1.52. The first-order valence-electron chi connectivity index (χ1n) is 8.99. The van der Waals surface area contributed by atoms with Crippen LogP contribution in [0.25, 0.3) is 10.9 Å². The summed E-state index contributed by atoms with van der Waals surface area (Å²) in [7, 11) is 1.86. The summed E-state index contributed by atoms with van der Waals surface area (Å²) in [6.07, 6.45) is 5.91. The number of aryl methyl sites for hydroxylation is 1. The Hall–Kier alpha value is -2.21. The van der Waals surface area contributed by atoms with Crippen LogP contribution in [-0.4, -0.2) is 45.5 Å². The van der Waals surface area contributed by atoms with E-state index in [4.69, 9.17) is 0 Å². The highest BCUT2D eigenvalue weighted by molar-refractivity contribution is 5.81. The van der Waals surface area contributed by atoms with Crippen molar-refractivity contribution in [3.8, 4) is 0 Å². The quantitative estimate of drug-likeness (QED) is 0.918. The standard InChI is InChI=1S/C19H24N4O2/c1-12-4-3-5-16-18(12)20-11-23(19(16)25)10-17(24)22(2)15-8-13-6-7-14(9-15)21-13/h3-5,11,13-15,21H,6-10H2,1-2H3. The van der Waals surface area contributed by atoms with Gasteiger partial charge in [0.2, 0.25) is 5.91 Å². The Kier molecular flexibility index (Phi) is 4.07. The topological polar surface area (TPSA) is 67.2 Å². The van der Waals surface area contributed by atoms with E-state index in [1.54, 1.807) is 6.07 Å². The first kappa shape index (κ1) is 16.3. The molecule has 4 rings (SSSR count). The van der Waals surface area contributed by atoms with Gasteiger partial charge in [0.15, 0.2) is 0 Å². The Morgan fingerprint density at radius 1 is 1.32 bits per heavy atom. The first-order valence-corrected chi connectivity index (χ1v) is 8.99. The van der Waals surface area contributed by atoms with Gasteiger partial charge in [-0.25, -0.2) is 4.98 Å². The van der Waals surface area contributed by atoms with E-state index in [2.05, 4.69) is 10.3 Å². The normalized spacial score (nSPS) is 25.3. The van der Waals surface area contributed by atoms with Crippen molar-refractivity contribution in [2.45, 2.75) is 57.3 Å². The molecule has 2 bridgehead atoms. The van der Waals surface area contributed by atoms with E-state index < -0.39 is 0 Å². The van der Waals surface area contributed by atoms with Crippen LogP contribution in [-0.2, 0) is 11.3 Å². The van der Waals surface area contributed by atoms with E-state index in [0.29, 0.717) is 23.0 Å². The summed E-state index contributed by atoms with van der Waals surface area (Å²) in [6, 6.07) is 6.89. The number of nitrogens with one attached hydrogen (secondary N) is 1. The van der Waals surface area contributed by atoms with Gasteiger partial charge in [0.05, 0.1) is 17.2 Å². The number of hydrogen-bond donors (Lipinski definition) is 1. The van der Waals surface area contributed by atoms with Crippen LogP contribution < -0.4 is 10.9 Å². The molecule has 3 heterocycles. The number of para-hydroxylation sites is 1. The third-order valence-electron chi connectivity index (χ3n) is 5.75. The zero-order chi connectivity index (χ0) is 17.6. The van der Waals surface area contributed by atoms with Crippen molar-refractivity contribution in [1.82, 2.24) is 19.8 Å². The van der Waals surface area contributed by atoms with Crippen molar-refractivity contribution < 1.29 is 4.79 Å². The maximum absolute atomic E-state index is 12.7. The highest BCUT2D eigenvalue weighted by atomic mass is 16.2. The number of hydrogen-bond acceptors (Lipinski definition) is 4. The largest absolute Gasteiger partial charge is 0.341 e. The van der Waals surface area contributed by atoms with E-state index >= 15 is 0 Å². The fourth-order valence-corrected chi connectivity index (χ4v) is 4.25. The van der Waals surface area contributed by atoms with Gasteiger partial charge in [-0.15, -0.1) is 0 Å². The maximum atomic E-state index is 12.7. The number of nitrogens with zero attached hydrogens (tertiary/aromatic N) is 3. The molecule has 1 amide bonds. The molecular formula is C19H24N4O2. The molecule has 0 saturated carbocycles. The smallest absolute Gasteiger partial charge is 0.261 e. The molecule has 1 aromatic heterocycles. The average molecular weight is 340 g/mol. The molecular weight excluding hydrogens is 316 g/mol. The molecule has 132 valence electrons. The monoisotopic (exact) mass is 340 g/mol. The van der Waals surface area contributed by atoms with Crippen molar-refractivity contribution in [3.05, 3.63) is 40.4 Å². The van der Waals surface area contributed by atoms with Crippen molar-refractivity contribution in [3.63, 3.8) is 0 Å². The molecule has 1 N–H and O–H groups in total. The predicted molar refractivity (Wildman–Crippen MR) is 96.5 cm³/mol. The molecule has 0 aliphatic carbocycles. The number of rotatable bonds is 3. The second-order valence-corrected chi connectivity index (χ2v) is 7.42. The van der Waals surface area contributed by atoms with Gasteiger partial charge in [-0.05, 0) is 44.2 Å². The van der Waals surface area contributed by atoms with E-state index in [0.717, 1.165) is 18.4 Å². The molecule has 25 heavy (non-hydrogen) atoms. The van der Waals surface area contributed by atoms with Crippen LogP contribution in [0, 0.1) is 6.92 Å². The number of piperidine rings is 1. The van der Waals surface area contributed by atoms with Crippen LogP contribution in [0.1, 0.15) is 31.2 Å². The Bertz CT molecular complexity index is 863. The van der Waals surface area contributed by atoms with Gasteiger partial charge in [0, 0.05) is 25.2 Å². The minimum absolute atomic E-state index is 0.0257. The summed E-state index contributed by atoms with van der Waals surface area (Å²) in [6.45, 7) is 1.98. The Balaban J connectivity index is 1.53. The van der Waals surface area contributed by atoms with Crippen molar-refractivity contribution in [1.29, 1.82) is 0 Å². The summed E-state index contributed by atoms with van der Waals surface area (Å²) >= 11 is 0. The molecule has 0 radical (unpaired) electrons. The van der Waals surface area contributed by atoms with E-state index in [-0.39, 0.29) is 24.1 Å². The molecule has 2 saturated heterocycles. The number of likely N-dealkylation sites (N-methyl/N-ethyl adjacent to an activating group) is 1. The number of fused-ring (bicyclic) bond motifs is 3. The average Bonchev–Trinajstić information content (AvgIpc) is 2.95. The summed E-state index contributed by atoms with van der Waals surface area (Å²) in [5, 5.41) is 4.16. The minimum atomic E-state index is -0.152. The molecule has 1 aromatic carbocycles. The lowest BCUT2D eigenvalue weighted by Crippen LogP contribution is -2.49. The third kappa shape index (κ3) is 2.95. The molecule has 2 aliphatic rings. The summed E-state index contributed by atoms with van der Waals surface area (Å²) < 4.78 is 1.43. The van der Waals surface area contributed by atoms with Gasteiger partial charge >= 0.3 is 0 Å². The van der Waals surface area contributed by atoms with Crippen molar-refractivity contribution in [2.75, 3.05) is 7.05 Å². The van der Waals surface area contributed by atoms with Gasteiger partial charge in [0.25, 0.3) is 5.56 Å². The fourth-order valence-electron chi connectivity index (χ4n) is 4.25. The third-order valence-corrected chi connectivity index (χ3v) is 5.75. The second kappa shape index (κ2) is 6.26. The summed E-state index contributed by atoms with van der Waals surface area (Å²) in [5.74, 6) is -0.0257. The van der Waals surface area contributed by atoms with Crippen molar-refractivity contribution in [2.24, 2.45) is 0 Å². The summed E-state index contributed by atoms with van der Waals surface area (Å²) in [4.78, 5) is 31.6. The predicted octanol–water partition coefficient (Wildman–Crippen LogP) is 1.45. The first-order chi connectivity index (χ1) is 12.0. The molecule has 2 fully saturated rings. The highest BCUT2D eigenvalue weighted by Gasteiger charge is 2.36. The van der Waals surface area contributed by atoms with Crippen LogP contribution in [0.15, 0.2) is 29.3 Å².